The van der Waals surface area contributed by atoms with Gasteiger partial charge in [0.2, 0.25) is 5.95 Å². The summed E-state index contributed by atoms with van der Waals surface area (Å²) in [6.07, 6.45) is 0. The van der Waals surface area contributed by atoms with Gasteiger partial charge in [0, 0.05) is 44.3 Å². The second-order valence-corrected chi connectivity index (χ2v) is 15.2. The van der Waals surface area contributed by atoms with Crippen molar-refractivity contribution in [2.45, 2.75) is 0 Å². The van der Waals surface area contributed by atoms with Crippen molar-refractivity contribution >= 4 is 71.4 Å². The molecule has 5 nitrogen and oxygen atoms in total. The number of aromatic nitrogens is 4. The summed E-state index contributed by atoms with van der Waals surface area (Å²) in [7, 11) is 0. The van der Waals surface area contributed by atoms with Gasteiger partial charge in [-0.2, -0.15) is 9.97 Å². The van der Waals surface area contributed by atoms with Crippen LogP contribution in [0.2, 0.25) is 0 Å². The van der Waals surface area contributed by atoms with Crippen molar-refractivity contribution in [2.24, 2.45) is 0 Å². The van der Waals surface area contributed by atoms with Crippen LogP contribution in [-0.2, 0) is 0 Å². The summed E-state index contributed by atoms with van der Waals surface area (Å²) in [5.41, 5.74) is 9.70. The summed E-state index contributed by atoms with van der Waals surface area (Å²) in [5.74, 6) is 1.78. The summed E-state index contributed by atoms with van der Waals surface area (Å²) in [6.45, 7) is 0. The monoisotopic (exact) mass is 765 g/mol. The second kappa shape index (κ2) is 13.8. The number of para-hydroxylation sites is 3. The maximum Gasteiger partial charge on any atom is 0.238 e. The first-order chi connectivity index (χ1) is 29.8. The molecular formula is C55H35N5. The molecule has 0 amide bonds. The van der Waals surface area contributed by atoms with Gasteiger partial charge in [0.1, 0.15) is 0 Å². The van der Waals surface area contributed by atoms with Crippen LogP contribution >= 0.6 is 0 Å². The molecule has 5 heteroatoms. The van der Waals surface area contributed by atoms with Crippen LogP contribution in [0.25, 0.3) is 93.7 Å². The molecule has 0 spiro atoms. The van der Waals surface area contributed by atoms with Crippen LogP contribution in [0.4, 0.5) is 17.3 Å². The van der Waals surface area contributed by atoms with Gasteiger partial charge in [-0.15, -0.1) is 0 Å². The Balaban J connectivity index is 1.02. The topological polar surface area (TPSA) is 46.8 Å². The SMILES string of the molecule is c1ccc(-c2nc(-c3ccccc3)nc(N(c3ccccc3)c3ccc(-c4ccc5ccc6cc7c8ccccc8n(-c8ccccc8)c7c7ccc4c5c67)cc3)n2)cc1. The molecular weight excluding hydrogens is 731 g/mol. The molecule has 60 heavy (non-hydrogen) atoms. The molecule has 12 rings (SSSR count). The van der Waals surface area contributed by atoms with Gasteiger partial charge in [0.05, 0.1) is 11.0 Å². The van der Waals surface area contributed by atoms with Gasteiger partial charge in [-0.3, -0.25) is 4.90 Å². The zero-order valence-corrected chi connectivity index (χ0v) is 32.4. The highest BCUT2D eigenvalue weighted by molar-refractivity contribution is 6.32. The second-order valence-electron chi connectivity index (χ2n) is 15.2. The molecule has 2 heterocycles. The van der Waals surface area contributed by atoms with Gasteiger partial charge in [0.15, 0.2) is 11.6 Å². The van der Waals surface area contributed by atoms with E-state index in [4.69, 9.17) is 15.0 Å². The smallest absolute Gasteiger partial charge is 0.238 e. The van der Waals surface area contributed by atoms with Crippen LogP contribution in [0.5, 0.6) is 0 Å². The molecule has 12 aromatic rings. The van der Waals surface area contributed by atoms with Crippen molar-refractivity contribution in [2.75, 3.05) is 4.90 Å². The van der Waals surface area contributed by atoms with E-state index in [9.17, 15) is 0 Å². The summed E-state index contributed by atoms with van der Waals surface area (Å²) in [4.78, 5) is 17.3. The predicted octanol–water partition coefficient (Wildman–Crippen LogP) is 14.3. The zero-order chi connectivity index (χ0) is 39.6. The fourth-order valence-electron chi connectivity index (χ4n) is 9.07. The molecule has 0 N–H and O–H groups in total. The molecule has 0 saturated heterocycles. The average molecular weight is 766 g/mol. The highest BCUT2D eigenvalue weighted by atomic mass is 15.3. The number of rotatable bonds is 7. The Labute approximate surface area is 346 Å². The Bertz CT molecular complexity index is 3450. The molecule has 10 aromatic carbocycles. The van der Waals surface area contributed by atoms with E-state index in [1.807, 2.05) is 78.9 Å². The molecule has 0 unspecified atom stereocenters. The Morgan fingerprint density at radius 1 is 0.367 bits per heavy atom. The number of anilines is 3. The van der Waals surface area contributed by atoms with Crippen molar-refractivity contribution < 1.29 is 0 Å². The molecule has 0 saturated carbocycles. The fourth-order valence-corrected chi connectivity index (χ4v) is 9.07. The van der Waals surface area contributed by atoms with Crippen molar-refractivity contribution in [3.8, 4) is 39.6 Å². The van der Waals surface area contributed by atoms with E-state index >= 15 is 0 Å². The van der Waals surface area contributed by atoms with E-state index < -0.39 is 0 Å². The van der Waals surface area contributed by atoms with Crippen molar-refractivity contribution in [1.82, 2.24) is 19.5 Å². The molecule has 0 fully saturated rings. The molecule has 0 bridgehead atoms. The minimum Gasteiger partial charge on any atom is -0.309 e. The molecule has 0 aliphatic carbocycles. The van der Waals surface area contributed by atoms with E-state index in [-0.39, 0.29) is 0 Å². The molecule has 2 aromatic heterocycles. The molecule has 0 aliphatic heterocycles. The Hall–Kier alpha value is -8.15. The number of hydrogen-bond acceptors (Lipinski definition) is 4. The molecule has 0 aliphatic rings. The summed E-state index contributed by atoms with van der Waals surface area (Å²) >= 11 is 0. The lowest BCUT2D eigenvalue weighted by atomic mass is 9.89. The van der Waals surface area contributed by atoms with Gasteiger partial charge in [-0.25, -0.2) is 4.98 Å². The first-order valence-corrected chi connectivity index (χ1v) is 20.3. The third kappa shape index (κ3) is 5.44. The van der Waals surface area contributed by atoms with Gasteiger partial charge in [0.25, 0.3) is 0 Å². The molecule has 0 atom stereocenters. The minimum absolute atomic E-state index is 0.545. The quantitative estimate of drug-likeness (QED) is 0.152. The van der Waals surface area contributed by atoms with Crippen LogP contribution in [0, 0.1) is 0 Å². The summed E-state index contributed by atoms with van der Waals surface area (Å²) in [5, 5.41) is 10.1. The third-order valence-corrected chi connectivity index (χ3v) is 11.8. The fraction of sp³-hybridized carbons (Fsp3) is 0. The maximum atomic E-state index is 5.11. The Morgan fingerprint density at radius 3 is 1.62 bits per heavy atom. The third-order valence-electron chi connectivity index (χ3n) is 11.8. The Morgan fingerprint density at radius 2 is 0.917 bits per heavy atom. The lowest BCUT2D eigenvalue weighted by Gasteiger charge is -2.24. The van der Waals surface area contributed by atoms with E-state index in [0.717, 1.165) is 33.8 Å². The van der Waals surface area contributed by atoms with Gasteiger partial charge in [-0.05, 0) is 86.6 Å². The number of nitrogens with zero attached hydrogens (tertiary/aromatic N) is 5. The number of benzene rings is 10. The summed E-state index contributed by atoms with van der Waals surface area (Å²) < 4.78 is 2.44. The zero-order valence-electron chi connectivity index (χ0n) is 32.4. The minimum atomic E-state index is 0.545. The van der Waals surface area contributed by atoms with E-state index in [0.29, 0.717) is 17.6 Å². The van der Waals surface area contributed by atoms with E-state index in [1.54, 1.807) is 0 Å². The first kappa shape index (κ1) is 33.9. The molecule has 280 valence electrons. The highest BCUT2D eigenvalue weighted by Gasteiger charge is 2.22. The van der Waals surface area contributed by atoms with Crippen LogP contribution in [0.3, 0.4) is 0 Å². The number of hydrogen-bond donors (Lipinski definition) is 0. The predicted molar refractivity (Wildman–Crippen MR) is 249 cm³/mol. The average Bonchev–Trinajstić information content (AvgIpc) is 3.66. The van der Waals surface area contributed by atoms with Crippen molar-refractivity contribution in [1.29, 1.82) is 0 Å². The van der Waals surface area contributed by atoms with Crippen LogP contribution in [-0.4, -0.2) is 19.5 Å². The summed E-state index contributed by atoms with van der Waals surface area (Å²) in [6, 6.07) is 75.0. The highest BCUT2D eigenvalue weighted by Crippen LogP contribution is 2.45. The van der Waals surface area contributed by atoms with E-state index in [1.165, 1.54) is 59.7 Å². The number of fused-ring (bicyclic) bond motifs is 4. The largest absolute Gasteiger partial charge is 0.309 e. The molecule has 0 radical (unpaired) electrons. The normalized spacial score (nSPS) is 11.7. The van der Waals surface area contributed by atoms with E-state index in [2.05, 4.69) is 143 Å². The van der Waals surface area contributed by atoms with Crippen molar-refractivity contribution in [3.05, 3.63) is 212 Å². The lowest BCUT2D eigenvalue weighted by molar-refractivity contribution is 1.02. The van der Waals surface area contributed by atoms with Crippen molar-refractivity contribution in [3.63, 3.8) is 0 Å². The van der Waals surface area contributed by atoms with Crippen LogP contribution in [0.15, 0.2) is 212 Å². The first-order valence-electron chi connectivity index (χ1n) is 20.3. The van der Waals surface area contributed by atoms with Crippen LogP contribution in [0.1, 0.15) is 0 Å². The maximum absolute atomic E-state index is 5.11. The van der Waals surface area contributed by atoms with Gasteiger partial charge >= 0.3 is 0 Å². The Kier molecular flexibility index (Phi) is 7.78. The lowest BCUT2D eigenvalue weighted by Crippen LogP contribution is -2.15. The van der Waals surface area contributed by atoms with Gasteiger partial charge < -0.3 is 4.57 Å². The van der Waals surface area contributed by atoms with Crippen LogP contribution < -0.4 is 4.90 Å². The standard InChI is InChI=1S/C55H35N5/c1-5-15-38(16-6-1)53-56-54(39-17-7-2-8-18-39)58-55(57-53)59(41-19-9-3-10-20-41)43-30-27-36(28-31-43)44-32-29-37-25-26-40-35-48-45-23-13-14-24-49(45)60(42-21-11-4-12-22-42)52(48)47-34-33-46(44)50(37)51(40)47/h1-35H. The van der Waals surface area contributed by atoms with Gasteiger partial charge in [-0.1, -0.05) is 164 Å².